The minimum Gasteiger partial charge on any atom is -0.384 e. The molecule has 2 aromatic rings. The number of carbonyl (C=O) groups is 2. The second kappa shape index (κ2) is 6.44. The summed E-state index contributed by atoms with van der Waals surface area (Å²) < 4.78 is 0. The number of nitrogens with zero attached hydrogens (tertiary/aromatic N) is 3. The smallest absolute Gasteiger partial charge is 0.284 e. The van der Waals surface area contributed by atoms with Crippen LogP contribution in [0.15, 0.2) is 30.3 Å². The van der Waals surface area contributed by atoms with Crippen molar-refractivity contribution in [1.82, 2.24) is 20.2 Å². The minimum atomic E-state index is -1.92. The van der Waals surface area contributed by atoms with E-state index in [0.717, 1.165) is 0 Å². The highest BCUT2D eigenvalue weighted by molar-refractivity contribution is 5.92. The summed E-state index contributed by atoms with van der Waals surface area (Å²) in [5.41, 5.74) is 10.1. The van der Waals surface area contributed by atoms with Gasteiger partial charge in [-0.3, -0.25) is 14.9 Å². The predicted octanol–water partition coefficient (Wildman–Crippen LogP) is -1.12. The fourth-order valence-corrected chi connectivity index (χ4v) is 2.37. The van der Waals surface area contributed by atoms with Crippen molar-refractivity contribution in [2.45, 2.75) is 5.72 Å². The van der Waals surface area contributed by atoms with Crippen LogP contribution in [0.3, 0.4) is 0 Å². The Morgan fingerprint density at radius 1 is 1.38 bits per heavy atom. The van der Waals surface area contributed by atoms with Crippen molar-refractivity contribution in [3.8, 4) is 23.2 Å². The third-order valence-electron chi connectivity index (χ3n) is 3.74. The van der Waals surface area contributed by atoms with E-state index >= 15 is 0 Å². The number of aliphatic hydroxyl groups is 1. The number of nitrogens with two attached hydrogens (primary N) is 2. The summed E-state index contributed by atoms with van der Waals surface area (Å²) in [6.45, 7) is 0.205. The summed E-state index contributed by atoms with van der Waals surface area (Å²) in [7, 11) is 1.56. The van der Waals surface area contributed by atoms with E-state index in [9.17, 15) is 14.7 Å². The fourth-order valence-electron chi connectivity index (χ4n) is 2.37. The van der Waals surface area contributed by atoms with Gasteiger partial charge in [0.25, 0.3) is 17.5 Å². The van der Waals surface area contributed by atoms with Gasteiger partial charge in [-0.05, 0) is 18.1 Å². The van der Waals surface area contributed by atoms with Gasteiger partial charge in [-0.1, -0.05) is 18.1 Å². The van der Waals surface area contributed by atoms with Crippen molar-refractivity contribution in [3.63, 3.8) is 0 Å². The number of anilines is 1. The van der Waals surface area contributed by atoms with Crippen LogP contribution in [0, 0.1) is 11.8 Å². The lowest BCUT2D eigenvalue weighted by atomic mass is 10.1. The minimum absolute atomic E-state index is 0.00193. The highest BCUT2D eigenvalue weighted by Gasteiger charge is 2.42. The molecular weight excluding hydrogens is 336 g/mol. The van der Waals surface area contributed by atoms with Gasteiger partial charge < -0.3 is 21.5 Å². The average Bonchev–Trinajstić information content (AvgIpc) is 2.88. The van der Waals surface area contributed by atoms with Crippen molar-refractivity contribution in [2.75, 3.05) is 19.5 Å². The molecule has 0 spiro atoms. The molecule has 1 aliphatic rings. The summed E-state index contributed by atoms with van der Waals surface area (Å²) in [5.74, 6) is 4.38. The summed E-state index contributed by atoms with van der Waals surface area (Å²) in [5, 5.41) is 12.9. The quantitative estimate of drug-likeness (QED) is 0.501. The normalized spacial score (nSPS) is 19.2. The van der Waals surface area contributed by atoms with Crippen molar-refractivity contribution in [3.05, 3.63) is 41.6 Å². The lowest BCUT2D eigenvalue weighted by molar-refractivity contribution is -0.138. The summed E-state index contributed by atoms with van der Waals surface area (Å²) in [6, 6.07) is 8.06. The molecule has 1 unspecified atom stereocenters. The first-order valence-corrected chi connectivity index (χ1v) is 7.59. The van der Waals surface area contributed by atoms with Gasteiger partial charge in [0.05, 0.1) is 6.67 Å². The van der Waals surface area contributed by atoms with Crippen LogP contribution in [0.5, 0.6) is 0 Å². The van der Waals surface area contributed by atoms with Crippen LogP contribution in [0.25, 0.3) is 11.4 Å². The van der Waals surface area contributed by atoms with Gasteiger partial charge in [0.2, 0.25) is 0 Å². The van der Waals surface area contributed by atoms with E-state index < -0.39 is 17.5 Å². The molecule has 1 saturated heterocycles. The average molecular weight is 352 g/mol. The number of benzene rings is 1. The maximum atomic E-state index is 11.9. The Bertz CT molecular complexity index is 964. The number of carbonyl (C=O) groups excluding carboxylic acids is 2. The molecule has 1 atom stereocenters. The van der Waals surface area contributed by atoms with E-state index in [1.165, 1.54) is 11.0 Å². The maximum absolute atomic E-state index is 11.9. The predicted molar refractivity (Wildman–Crippen MR) is 93.0 cm³/mol. The Morgan fingerprint density at radius 2 is 2.15 bits per heavy atom. The van der Waals surface area contributed by atoms with Crippen molar-refractivity contribution in [2.24, 2.45) is 5.73 Å². The molecule has 6 N–H and O–H groups in total. The topological polar surface area (TPSA) is 147 Å². The van der Waals surface area contributed by atoms with Crippen LogP contribution < -0.4 is 16.8 Å². The van der Waals surface area contributed by atoms with E-state index in [4.69, 9.17) is 11.5 Å². The lowest BCUT2D eigenvalue weighted by Crippen LogP contribution is -2.44. The Balaban J connectivity index is 1.95. The number of hydrogen-bond donors (Lipinski definition) is 4. The zero-order valence-electron chi connectivity index (χ0n) is 13.9. The summed E-state index contributed by atoms with van der Waals surface area (Å²) >= 11 is 0. The van der Waals surface area contributed by atoms with E-state index in [1.54, 1.807) is 31.3 Å². The van der Waals surface area contributed by atoms with Gasteiger partial charge in [-0.15, -0.1) is 0 Å². The van der Waals surface area contributed by atoms with Crippen LogP contribution in [0.1, 0.15) is 16.1 Å². The largest absolute Gasteiger partial charge is 0.384 e. The monoisotopic (exact) mass is 352 g/mol. The fraction of sp³-hybridized carbons (Fsp3) is 0.176. The van der Waals surface area contributed by atoms with Crippen LogP contribution >= 0.6 is 0 Å². The van der Waals surface area contributed by atoms with Crippen molar-refractivity contribution < 1.29 is 14.7 Å². The van der Waals surface area contributed by atoms with Crippen LogP contribution in [-0.2, 0) is 4.79 Å². The van der Waals surface area contributed by atoms with E-state index in [2.05, 4.69) is 27.1 Å². The number of likely N-dealkylation sites (N-methyl/N-ethyl adjacent to an activating group) is 1. The van der Waals surface area contributed by atoms with Crippen LogP contribution in [0.2, 0.25) is 0 Å². The first kappa shape index (κ1) is 17.3. The van der Waals surface area contributed by atoms with E-state index in [0.29, 0.717) is 11.1 Å². The van der Waals surface area contributed by atoms with Crippen molar-refractivity contribution >= 4 is 17.6 Å². The summed E-state index contributed by atoms with van der Waals surface area (Å²) in [6.07, 6.45) is 0. The second-order valence-corrected chi connectivity index (χ2v) is 5.75. The number of nitrogen functional groups attached to an aromatic ring is 1. The van der Waals surface area contributed by atoms with Gasteiger partial charge in [-0.25, -0.2) is 9.97 Å². The molecule has 132 valence electrons. The molecule has 0 saturated carbocycles. The van der Waals surface area contributed by atoms with Gasteiger partial charge in [-0.2, -0.15) is 0 Å². The molecular formula is C17H16N6O3. The molecule has 1 fully saturated rings. The van der Waals surface area contributed by atoms with E-state index in [-0.39, 0.29) is 24.0 Å². The van der Waals surface area contributed by atoms with E-state index in [1.807, 2.05) is 0 Å². The Hall–Kier alpha value is -3.48. The lowest BCUT2D eigenvalue weighted by Gasteiger charge is -2.12. The molecule has 9 heteroatoms. The third-order valence-corrected chi connectivity index (χ3v) is 3.74. The second-order valence-electron chi connectivity index (χ2n) is 5.75. The van der Waals surface area contributed by atoms with Crippen LogP contribution in [-0.4, -0.2) is 51.2 Å². The molecule has 0 radical (unpaired) electrons. The van der Waals surface area contributed by atoms with Crippen molar-refractivity contribution in [1.29, 1.82) is 0 Å². The van der Waals surface area contributed by atoms with Gasteiger partial charge in [0, 0.05) is 24.2 Å². The molecule has 1 aromatic carbocycles. The molecule has 1 aromatic heterocycles. The molecule has 9 nitrogen and oxygen atoms in total. The van der Waals surface area contributed by atoms with Gasteiger partial charge in [0.1, 0.15) is 11.5 Å². The highest BCUT2D eigenvalue weighted by atomic mass is 16.3. The first-order valence-electron chi connectivity index (χ1n) is 7.59. The number of rotatable bonds is 2. The number of nitrogens with one attached hydrogen (secondary N) is 1. The maximum Gasteiger partial charge on any atom is 0.284 e. The zero-order valence-corrected chi connectivity index (χ0v) is 13.9. The molecule has 26 heavy (non-hydrogen) atoms. The molecule has 2 amide bonds. The standard InChI is InChI=1S/C17H16N6O3/c1-23-9-20-17(26,16(23)25)6-5-10-3-2-4-11(7-10)15-21-12(14(19)24)8-13(18)22-15/h2-4,7-8,20,26H,9H2,1H3,(H2,19,24)(H2,18,21,22). The highest BCUT2D eigenvalue weighted by Crippen LogP contribution is 2.18. The number of aromatic nitrogens is 2. The number of primary amides is 1. The van der Waals surface area contributed by atoms with Gasteiger partial charge in [0.15, 0.2) is 5.82 Å². The molecule has 0 aliphatic carbocycles. The Morgan fingerprint density at radius 3 is 2.81 bits per heavy atom. The third kappa shape index (κ3) is 3.32. The SMILES string of the molecule is CN1CNC(O)(C#Cc2cccc(-c3nc(N)cc(C(N)=O)n3)c2)C1=O. The number of hydrogen-bond acceptors (Lipinski definition) is 7. The molecule has 1 aliphatic heterocycles. The first-order chi connectivity index (χ1) is 12.3. The summed E-state index contributed by atoms with van der Waals surface area (Å²) in [4.78, 5) is 32.7. The Labute approximate surface area is 149 Å². The Kier molecular flexibility index (Phi) is 4.29. The molecule has 2 heterocycles. The molecule has 3 rings (SSSR count). The number of amides is 2. The zero-order chi connectivity index (χ0) is 18.9. The van der Waals surface area contributed by atoms with Gasteiger partial charge >= 0.3 is 0 Å². The van der Waals surface area contributed by atoms with Crippen LogP contribution in [0.4, 0.5) is 5.82 Å². The molecule has 0 bridgehead atoms.